The molecule has 0 aromatic rings. The van der Waals surface area contributed by atoms with Gasteiger partial charge in [-0.25, -0.2) is 0 Å². The summed E-state index contributed by atoms with van der Waals surface area (Å²) in [4.78, 5) is 14.0. The van der Waals surface area contributed by atoms with Crippen LogP contribution in [0.3, 0.4) is 0 Å². The number of hydrogen-bond donors (Lipinski definition) is 1. The Balaban J connectivity index is 2.58. The maximum atomic E-state index is 12.1. The molecule has 4 heteroatoms. The standard InChI is InChI=1S/C11H20BrNO2/c1-11(2,12)10(15)13(7-4-8-14)9-5-3-6-9/h9,14H,3-8H2,1-2H3. The molecule has 0 bridgehead atoms. The molecule has 1 saturated carbocycles. The van der Waals surface area contributed by atoms with Crippen molar-refractivity contribution in [2.45, 2.75) is 49.9 Å². The zero-order valence-corrected chi connectivity index (χ0v) is 11.1. The maximum absolute atomic E-state index is 12.1. The van der Waals surface area contributed by atoms with Gasteiger partial charge in [0.25, 0.3) is 0 Å². The van der Waals surface area contributed by atoms with Gasteiger partial charge in [-0.2, -0.15) is 0 Å². The van der Waals surface area contributed by atoms with Crippen LogP contribution in [0.5, 0.6) is 0 Å². The van der Waals surface area contributed by atoms with E-state index in [0.29, 0.717) is 19.0 Å². The number of carbonyl (C=O) groups is 1. The Morgan fingerprint density at radius 2 is 2.13 bits per heavy atom. The lowest BCUT2D eigenvalue weighted by Gasteiger charge is -2.40. The molecule has 0 spiro atoms. The average molecular weight is 278 g/mol. The van der Waals surface area contributed by atoms with Gasteiger partial charge in [0.05, 0.1) is 4.32 Å². The highest BCUT2D eigenvalue weighted by molar-refractivity contribution is 9.10. The fourth-order valence-corrected chi connectivity index (χ4v) is 1.96. The van der Waals surface area contributed by atoms with Crippen molar-refractivity contribution in [1.29, 1.82) is 0 Å². The first kappa shape index (κ1) is 13.0. The minimum absolute atomic E-state index is 0.139. The van der Waals surface area contributed by atoms with Crippen LogP contribution < -0.4 is 0 Å². The Morgan fingerprint density at radius 1 is 1.53 bits per heavy atom. The van der Waals surface area contributed by atoms with E-state index in [2.05, 4.69) is 15.9 Å². The molecule has 3 nitrogen and oxygen atoms in total. The van der Waals surface area contributed by atoms with Crippen molar-refractivity contribution in [1.82, 2.24) is 4.90 Å². The Morgan fingerprint density at radius 3 is 2.47 bits per heavy atom. The van der Waals surface area contributed by atoms with Crippen molar-refractivity contribution < 1.29 is 9.90 Å². The van der Waals surface area contributed by atoms with Gasteiger partial charge in [-0.1, -0.05) is 15.9 Å². The smallest absolute Gasteiger partial charge is 0.239 e. The molecule has 1 N–H and O–H groups in total. The third kappa shape index (κ3) is 3.45. The van der Waals surface area contributed by atoms with E-state index < -0.39 is 4.32 Å². The Hall–Kier alpha value is -0.0900. The molecule has 88 valence electrons. The minimum Gasteiger partial charge on any atom is -0.396 e. The molecule has 15 heavy (non-hydrogen) atoms. The summed E-state index contributed by atoms with van der Waals surface area (Å²) in [7, 11) is 0. The Bertz CT molecular complexity index is 221. The van der Waals surface area contributed by atoms with E-state index in [1.807, 2.05) is 18.7 Å². The fraction of sp³-hybridized carbons (Fsp3) is 0.909. The molecular formula is C11H20BrNO2. The summed E-state index contributed by atoms with van der Waals surface area (Å²) in [5.41, 5.74) is 0. The summed E-state index contributed by atoms with van der Waals surface area (Å²) in [6.45, 7) is 4.58. The van der Waals surface area contributed by atoms with E-state index in [-0.39, 0.29) is 12.5 Å². The summed E-state index contributed by atoms with van der Waals surface area (Å²) < 4.78 is -0.488. The van der Waals surface area contributed by atoms with Crippen LogP contribution in [0.15, 0.2) is 0 Å². The van der Waals surface area contributed by atoms with Crippen LogP contribution in [-0.2, 0) is 4.79 Å². The number of halogens is 1. The van der Waals surface area contributed by atoms with Crippen molar-refractivity contribution in [2.75, 3.05) is 13.2 Å². The molecule has 0 aliphatic heterocycles. The Labute approximate surface area is 100.0 Å². The van der Waals surface area contributed by atoms with E-state index in [1.165, 1.54) is 6.42 Å². The monoisotopic (exact) mass is 277 g/mol. The summed E-state index contributed by atoms with van der Waals surface area (Å²) >= 11 is 3.40. The van der Waals surface area contributed by atoms with Gasteiger partial charge in [0.15, 0.2) is 0 Å². The van der Waals surface area contributed by atoms with Crippen LogP contribution in [0.2, 0.25) is 0 Å². The van der Waals surface area contributed by atoms with Crippen molar-refractivity contribution in [2.24, 2.45) is 0 Å². The number of hydrogen-bond acceptors (Lipinski definition) is 2. The van der Waals surface area contributed by atoms with E-state index in [1.54, 1.807) is 0 Å². The highest BCUT2D eigenvalue weighted by atomic mass is 79.9. The Kier molecular flexibility index (Phi) is 4.59. The van der Waals surface area contributed by atoms with Crippen LogP contribution in [0.1, 0.15) is 39.5 Å². The number of carbonyl (C=O) groups excluding carboxylic acids is 1. The SMILES string of the molecule is CC(C)(Br)C(=O)N(CCCO)C1CCC1. The van der Waals surface area contributed by atoms with Gasteiger partial charge in [0, 0.05) is 19.2 Å². The van der Waals surface area contributed by atoms with Crippen molar-refractivity contribution in [3.05, 3.63) is 0 Å². The number of nitrogens with zero attached hydrogens (tertiary/aromatic N) is 1. The predicted octanol–water partition coefficient (Wildman–Crippen LogP) is 1.92. The maximum Gasteiger partial charge on any atom is 0.239 e. The average Bonchev–Trinajstić information content (AvgIpc) is 2.06. The first-order valence-electron chi connectivity index (χ1n) is 5.57. The fourth-order valence-electron chi connectivity index (χ4n) is 1.73. The molecule has 1 rings (SSSR count). The number of alkyl halides is 1. The summed E-state index contributed by atoms with van der Waals surface area (Å²) in [5, 5.41) is 8.82. The van der Waals surface area contributed by atoms with Crippen LogP contribution in [0.25, 0.3) is 0 Å². The quantitative estimate of drug-likeness (QED) is 0.781. The minimum atomic E-state index is -0.488. The predicted molar refractivity (Wildman–Crippen MR) is 64.1 cm³/mol. The molecule has 1 fully saturated rings. The van der Waals surface area contributed by atoms with Crippen LogP contribution in [-0.4, -0.2) is 39.4 Å². The zero-order chi connectivity index (χ0) is 11.5. The molecule has 0 unspecified atom stereocenters. The number of aliphatic hydroxyl groups is 1. The van der Waals surface area contributed by atoms with Gasteiger partial charge in [0.2, 0.25) is 5.91 Å². The normalized spacial score (nSPS) is 17.3. The number of aliphatic hydroxyl groups excluding tert-OH is 1. The van der Waals surface area contributed by atoms with Gasteiger partial charge in [-0.05, 0) is 39.5 Å². The molecule has 1 amide bonds. The third-order valence-corrected chi connectivity index (χ3v) is 3.18. The van der Waals surface area contributed by atoms with Crippen LogP contribution >= 0.6 is 15.9 Å². The number of rotatable bonds is 5. The second kappa shape index (κ2) is 5.30. The van der Waals surface area contributed by atoms with E-state index in [0.717, 1.165) is 12.8 Å². The van der Waals surface area contributed by atoms with Crippen molar-refractivity contribution >= 4 is 21.8 Å². The molecular weight excluding hydrogens is 258 g/mol. The topological polar surface area (TPSA) is 40.5 Å². The van der Waals surface area contributed by atoms with Gasteiger partial charge >= 0.3 is 0 Å². The second-order valence-corrected chi connectivity index (χ2v) is 6.62. The van der Waals surface area contributed by atoms with Gasteiger partial charge in [-0.15, -0.1) is 0 Å². The molecule has 0 saturated heterocycles. The van der Waals surface area contributed by atoms with Gasteiger partial charge in [0.1, 0.15) is 0 Å². The zero-order valence-electron chi connectivity index (χ0n) is 9.50. The summed E-state index contributed by atoms with van der Waals surface area (Å²) in [5.74, 6) is 0.139. The van der Waals surface area contributed by atoms with Crippen molar-refractivity contribution in [3.63, 3.8) is 0 Å². The summed E-state index contributed by atoms with van der Waals surface area (Å²) in [6, 6.07) is 0.404. The third-order valence-electron chi connectivity index (χ3n) is 2.84. The van der Waals surface area contributed by atoms with Crippen LogP contribution in [0, 0.1) is 0 Å². The molecule has 0 atom stereocenters. The van der Waals surface area contributed by atoms with Crippen molar-refractivity contribution in [3.8, 4) is 0 Å². The van der Waals surface area contributed by atoms with E-state index >= 15 is 0 Å². The van der Waals surface area contributed by atoms with Gasteiger partial charge in [-0.3, -0.25) is 4.79 Å². The lowest BCUT2D eigenvalue weighted by molar-refractivity contribution is -0.137. The lowest BCUT2D eigenvalue weighted by atomic mass is 9.90. The molecule has 1 aliphatic carbocycles. The van der Waals surface area contributed by atoms with E-state index in [9.17, 15) is 4.79 Å². The highest BCUT2D eigenvalue weighted by Crippen LogP contribution is 2.29. The molecule has 0 aromatic carbocycles. The second-order valence-electron chi connectivity index (χ2n) is 4.63. The first-order chi connectivity index (χ1) is 6.96. The molecule has 0 heterocycles. The first-order valence-corrected chi connectivity index (χ1v) is 6.37. The summed E-state index contributed by atoms with van der Waals surface area (Å²) in [6.07, 6.45) is 4.11. The highest BCUT2D eigenvalue weighted by Gasteiger charge is 2.35. The van der Waals surface area contributed by atoms with E-state index in [4.69, 9.17) is 5.11 Å². The number of amides is 1. The van der Waals surface area contributed by atoms with Gasteiger partial charge < -0.3 is 10.0 Å². The molecule has 0 aromatic heterocycles. The molecule has 1 aliphatic rings. The largest absolute Gasteiger partial charge is 0.396 e. The van der Waals surface area contributed by atoms with Crippen LogP contribution in [0.4, 0.5) is 0 Å². The lowest BCUT2D eigenvalue weighted by Crippen LogP contribution is -2.50. The molecule has 0 radical (unpaired) electrons.